The maximum Gasteiger partial charge on any atom is 0.472 e. The van der Waals surface area contributed by atoms with Gasteiger partial charge in [-0.3, -0.25) is 84.1 Å². The van der Waals surface area contributed by atoms with Gasteiger partial charge in [-0.25, -0.2) is 47.8 Å². The molecule has 0 radical (unpaired) electrons. The molecule has 5 saturated heterocycles. The lowest BCUT2D eigenvalue weighted by Crippen LogP contribution is -2.33. The van der Waals surface area contributed by atoms with Crippen LogP contribution < -0.4 is 39.7 Å². The molecule has 13 rings (SSSR count). The van der Waals surface area contributed by atoms with Gasteiger partial charge >= 0.3 is 42.7 Å². The summed E-state index contributed by atoms with van der Waals surface area (Å²) in [6.45, 7) is -3.19. The Kier molecular flexibility index (Phi) is 20.4. The van der Waals surface area contributed by atoms with Gasteiger partial charge in [-0.05, 0) is 19.1 Å². The zero-order chi connectivity index (χ0) is 72.5. The quantitative estimate of drug-likeness (QED) is 0.0186. The normalized spacial score (nSPS) is 29.2. The van der Waals surface area contributed by atoms with Crippen LogP contribution in [0.25, 0.3) is 33.2 Å². The molecule has 12 heterocycles. The molecular weight excluding hydrogens is 1450 g/mol. The summed E-state index contributed by atoms with van der Waals surface area (Å²) in [5.74, 6) is -0.444. The molecule has 8 aromatic rings. The highest BCUT2D eigenvalue weighted by Crippen LogP contribution is 2.55. The molecule has 0 spiro atoms. The van der Waals surface area contributed by atoms with Gasteiger partial charge in [-0.2, -0.15) is 9.97 Å². The number of benzene rings is 1. The first-order chi connectivity index (χ1) is 48.3. The van der Waals surface area contributed by atoms with Crippen LogP contribution in [0.2, 0.25) is 0 Å². The number of hydrogen-bond donors (Lipinski definition) is 11. The molecule has 0 bridgehead atoms. The molecule has 50 heteroatoms. The van der Waals surface area contributed by atoms with E-state index in [9.17, 15) is 77.3 Å². The first-order valence-electron chi connectivity index (χ1n) is 30.6. The van der Waals surface area contributed by atoms with Crippen LogP contribution in [0, 0.1) is 17.0 Å². The fourth-order valence-electron chi connectivity index (χ4n) is 12.2. The Morgan fingerprint density at radius 3 is 1.61 bits per heavy atom. The monoisotopic (exact) mass is 1510 g/mol. The summed E-state index contributed by atoms with van der Waals surface area (Å²) in [6.07, 6.45) is -15.3. The van der Waals surface area contributed by atoms with Crippen molar-refractivity contribution in [1.82, 2.24) is 62.7 Å². The Balaban J connectivity index is 0.691. The highest BCUT2D eigenvalue weighted by Gasteiger charge is 2.49. The lowest BCUT2D eigenvalue weighted by molar-refractivity contribution is -0.383. The Labute approximate surface area is 568 Å². The van der Waals surface area contributed by atoms with E-state index in [0.29, 0.717) is 5.39 Å². The number of nitrogens with two attached hydrogens (primary N) is 3. The lowest BCUT2D eigenvalue weighted by atomic mass is 10.2. The average molecular weight is 1510 g/mol. The van der Waals surface area contributed by atoms with Gasteiger partial charge in [0.1, 0.15) is 103 Å². The predicted octanol–water partition coefficient (Wildman–Crippen LogP) is 0.184. The Hall–Kier alpha value is -7.82. The molecule has 1 aromatic carbocycles. The Morgan fingerprint density at radius 2 is 1.05 bits per heavy atom. The minimum absolute atomic E-state index is 0.0130. The molecule has 5 fully saturated rings. The van der Waals surface area contributed by atoms with Gasteiger partial charge in [0.05, 0.1) is 62.8 Å². The molecular formula is C52H63N17O29P4. The first-order valence-corrected chi connectivity index (χ1v) is 36.6. The molecule has 0 saturated carbocycles. The standard InChI is InChI=1S/C52H63N17O29P4/c1-23-14-66(52(75)63-48(23)72)37-9-26(70)31(91-37)15-88-101(82,83)98-30-13-41(67-21-58-42-45(54)56-20-57-46(42)67)95-35(30)19-90-102(84,85)96-28-11-39(64-7-5-24-3-2-4-25(44(24)64)69(76)77)93-33(28)17-86-99(78,79)87-18-34-29(12-40(94-34)65-8-6-36(53)60-51(65)74)97-100(80,81)89-16-32-27(71)10-38(92-32)68-22-59-43-47(68)61-50(55)62-49(43)73/h2-8,14,20-22,26-35,37-41,70-71H,9-13,15-19H2,1H3,(H,78,79)(H,80,81)(H,82,83)(H,84,85)(H2,53,60,74)(H2,54,56,57)(H,63,72,75)(H3,55,61,62,73)/t26-,27-,28-,29-,30-,31+,32+,33+,34+,35+,37+,38+,39+,40+,41+/m0/s1. The van der Waals surface area contributed by atoms with Crippen molar-refractivity contribution in [3.05, 3.63) is 125 Å². The molecule has 7 aromatic heterocycles. The molecule has 550 valence electrons. The number of aromatic nitrogens is 13. The van der Waals surface area contributed by atoms with Crippen molar-refractivity contribution in [1.29, 1.82) is 0 Å². The minimum Gasteiger partial charge on any atom is -0.390 e. The number of nitrogens with zero attached hydrogens (tertiary/aromatic N) is 12. The number of rotatable bonds is 27. The van der Waals surface area contributed by atoms with E-state index in [1.165, 1.54) is 76.1 Å². The van der Waals surface area contributed by atoms with Crippen LogP contribution in [0.4, 0.5) is 23.3 Å². The number of nitro benzene ring substituents is 1. The summed E-state index contributed by atoms with van der Waals surface area (Å²) in [6, 6.07) is 6.92. The smallest absolute Gasteiger partial charge is 0.390 e. The van der Waals surface area contributed by atoms with E-state index in [-0.39, 0.29) is 75.9 Å². The maximum atomic E-state index is 14.3. The van der Waals surface area contributed by atoms with Crippen molar-refractivity contribution >= 4 is 87.8 Å². The molecule has 4 unspecified atom stereocenters. The highest BCUT2D eigenvalue weighted by molar-refractivity contribution is 7.48. The van der Waals surface area contributed by atoms with Crippen LogP contribution in [0.5, 0.6) is 0 Å². The summed E-state index contributed by atoms with van der Waals surface area (Å²) in [7, 11) is -21.5. The van der Waals surface area contributed by atoms with E-state index in [2.05, 4.69) is 39.9 Å². The van der Waals surface area contributed by atoms with Crippen LogP contribution in [0.1, 0.15) is 68.8 Å². The third kappa shape index (κ3) is 15.7. The fourth-order valence-corrected chi connectivity index (χ4v) is 15.8. The molecule has 19 atom stereocenters. The SMILES string of the molecule is Cc1cn([C@H]2C[C@H](O)[C@@H](COP(=O)(O)O[C@H]3C[C@H](n4cnc5c(N)ncnc54)O[C@@H]3COP(=O)(O)O[C@H]3C[C@H](n4ccc5cccc([N+](=O)[O-])c54)O[C@@H]3COP(=O)(O)OC[C@H]3O[C@@H](n4ccc(N)nc4=O)C[C@@H]3OP(=O)(O)OC[C@H]3O[C@@H](n4cnc5c(=O)[nH]c(N)nc54)C[C@@H]3O)O2)c(=O)[nH]c1=O. The summed E-state index contributed by atoms with van der Waals surface area (Å²) >= 11 is 0. The third-order valence-electron chi connectivity index (χ3n) is 17.1. The number of fused-ring (bicyclic) bond motifs is 3. The number of non-ortho nitro benzene ring substituents is 1. The molecule has 0 aliphatic carbocycles. The predicted molar refractivity (Wildman–Crippen MR) is 338 cm³/mol. The van der Waals surface area contributed by atoms with Crippen LogP contribution in [0.15, 0.2) is 87.1 Å². The van der Waals surface area contributed by atoms with Gasteiger partial charge in [0, 0.05) is 67.7 Å². The number of imidazole rings is 2. The molecule has 14 N–H and O–H groups in total. The lowest BCUT2D eigenvalue weighted by Gasteiger charge is -2.25. The number of aromatic amines is 2. The second kappa shape index (κ2) is 28.7. The summed E-state index contributed by atoms with van der Waals surface area (Å²) < 4.78 is 135. The largest absolute Gasteiger partial charge is 0.472 e. The molecule has 0 amide bonds. The zero-order valence-electron chi connectivity index (χ0n) is 52.5. The molecule has 5 aliphatic heterocycles. The third-order valence-corrected chi connectivity index (χ3v) is 21.1. The fraction of sp³-hybridized carbons (Fsp3) is 0.500. The van der Waals surface area contributed by atoms with Crippen LogP contribution in [-0.2, 0) is 78.1 Å². The number of aryl methyl sites for hydroxylation is 1. The molecule has 5 aliphatic rings. The number of para-hydroxylation sites is 1. The Morgan fingerprint density at radius 1 is 0.569 bits per heavy atom. The van der Waals surface area contributed by atoms with Crippen molar-refractivity contribution in [2.24, 2.45) is 0 Å². The average Bonchev–Trinajstić information content (AvgIpc) is 1.61. The van der Waals surface area contributed by atoms with E-state index < -0.39 is 197 Å². The topological polar surface area (TPSA) is 633 Å². The van der Waals surface area contributed by atoms with Crippen molar-refractivity contribution in [3.63, 3.8) is 0 Å². The van der Waals surface area contributed by atoms with E-state index in [1.54, 1.807) is 6.07 Å². The number of phosphoric acid groups is 4. The second-order valence-electron chi connectivity index (χ2n) is 23.8. The van der Waals surface area contributed by atoms with Gasteiger partial charge in [-0.15, -0.1) is 0 Å². The summed E-state index contributed by atoms with van der Waals surface area (Å²) in [5.41, 5.74) is 14.3. The van der Waals surface area contributed by atoms with Crippen molar-refractivity contribution in [3.8, 4) is 0 Å². The van der Waals surface area contributed by atoms with Gasteiger partial charge in [0.25, 0.3) is 16.8 Å². The van der Waals surface area contributed by atoms with Gasteiger partial charge in [0.2, 0.25) is 5.95 Å². The van der Waals surface area contributed by atoms with Crippen LogP contribution >= 0.6 is 31.3 Å². The maximum absolute atomic E-state index is 14.3. The van der Waals surface area contributed by atoms with E-state index >= 15 is 0 Å². The first kappa shape index (κ1) is 72.5. The van der Waals surface area contributed by atoms with Crippen molar-refractivity contribution in [2.45, 2.75) is 131 Å². The number of phosphoric ester groups is 4. The van der Waals surface area contributed by atoms with Crippen LogP contribution in [-0.4, -0.2) is 191 Å². The van der Waals surface area contributed by atoms with Gasteiger partial charge in [0.15, 0.2) is 22.6 Å². The van der Waals surface area contributed by atoms with Gasteiger partial charge < -0.3 is 75.2 Å². The number of nitro groups is 1. The molecule has 46 nitrogen and oxygen atoms in total. The number of anilines is 3. The minimum atomic E-state index is -5.50. The number of aliphatic hydroxyl groups is 2. The Bertz CT molecular complexity index is 4960. The highest BCUT2D eigenvalue weighted by atomic mass is 31.2. The van der Waals surface area contributed by atoms with E-state index in [0.717, 1.165) is 15.5 Å². The van der Waals surface area contributed by atoms with Gasteiger partial charge in [-0.1, -0.05) is 12.1 Å². The van der Waals surface area contributed by atoms with Crippen molar-refractivity contribution in [2.75, 3.05) is 50.2 Å². The number of H-pyrrole nitrogens is 2. The summed E-state index contributed by atoms with van der Waals surface area (Å²) in [4.78, 5) is 135. The number of nitrogens with one attached hydrogen (secondary N) is 2. The second-order valence-corrected chi connectivity index (χ2v) is 29.5. The number of hydrogen-bond acceptors (Lipinski definition) is 34. The zero-order valence-corrected chi connectivity index (χ0v) is 56.1. The van der Waals surface area contributed by atoms with E-state index in [4.69, 9.17) is 77.1 Å². The summed E-state index contributed by atoms with van der Waals surface area (Å²) in [5, 5.41) is 34.4. The number of aliphatic hydroxyl groups excluding tert-OH is 2. The number of nitrogen functional groups attached to an aromatic ring is 3. The number of ether oxygens (including phenoxy) is 5. The van der Waals surface area contributed by atoms with E-state index in [1.807, 2.05) is 0 Å². The molecule has 102 heavy (non-hydrogen) atoms. The van der Waals surface area contributed by atoms with Crippen LogP contribution in [0.3, 0.4) is 0 Å². The van der Waals surface area contributed by atoms with Crippen molar-refractivity contribution < 1.29 is 113 Å².